The van der Waals surface area contributed by atoms with Crippen molar-refractivity contribution in [3.8, 4) is 5.75 Å². The van der Waals surface area contributed by atoms with Crippen molar-refractivity contribution in [3.05, 3.63) is 100 Å². The maximum Gasteiger partial charge on any atom is 0.270 e. The van der Waals surface area contributed by atoms with Gasteiger partial charge in [-0.1, -0.05) is 30.3 Å². The fraction of sp³-hybridized carbons (Fsp3) is 0.0455. The van der Waals surface area contributed by atoms with E-state index < -0.39 is 20.9 Å². The van der Waals surface area contributed by atoms with E-state index in [1.807, 2.05) is 0 Å². The molecule has 0 saturated carbocycles. The van der Waals surface area contributed by atoms with Crippen LogP contribution in [0.1, 0.15) is 11.1 Å². The number of nitrogens with zero attached hydrogens (tertiary/aromatic N) is 1. The molecule has 0 aliphatic carbocycles. The lowest BCUT2D eigenvalue weighted by Gasteiger charge is -2.16. The summed E-state index contributed by atoms with van der Waals surface area (Å²) in [6.07, 6.45) is 1.01. The van der Waals surface area contributed by atoms with Crippen molar-refractivity contribution in [2.24, 2.45) is 0 Å². The van der Waals surface area contributed by atoms with Gasteiger partial charge in [0.25, 0.3) is 21.6 Å². The van der Waals surface area contributed by atoms with E-state index in [2.05, 4.69) is 4.72 Å². The Kier molecular flexibility index (Phi) is 7.06. The molecule has 3 N–H and O–H groups in total. The Morgan fingerprint density at radius 2 is 1.73 bits per heavy atom. The van der Waals surface area contributed by atoms with E-state index in [0.29, 0.717) is 11.3 Å². The van der Waals surface area contributed by atoms with Crippen molar-refractivity contribution in [2.45, 2.75) is 4.90 Å². The van der Waals surface area contributed by atoms with Gasteiger partial charge in [0.15, 0.2) is 0 Å². The van der Waals surface area contributed by atoms with Crippen LogP contribution in [0.15, 0.2) is 83.8 Å². The van der Waals surface area contributed by atoms with E-state index >= 15 is 0 Å². The number of sulfonamides is 1. The van der Waals surface area contributed by atoms with Crippen LogP contribution in [-0.4, -0.2) is 31.6 Å². The summed E-state index contributed by atoms with van der Waals surface area (Å²) in [5, 5.41) is 20.4. The Bertz CT molecular complexity index is 1310. The Labute approximate surface area is 189 Å². The molecule has 3 aromatic rings. The van der Waals surface area contributed by atoms with Crippen molar-refractivity contribution >= 4 is 32.9 Å². The van der Waals surface area contributed by atoms with Crippen LogP contribution >= 0.6 is 0 Å². The summed E-state index contributed by atoms with van der Waals surface area (Å²) in [5.41, 5.74) is 1.84. The molecule has 0 aliphatic heterocycles. The summed E-state index contributed by atoms with van der Waals surface area (Å²) in [5.74, 6) is -0.432. The first-order chi connectivity index (χ1) is 15.7. The summed E-state index contributed by atoms with van der Waals surface area (Å²) in [4.78, 5) is 22.6. The van der Waals surface area contributed by atoms with Gasteiger partial charge in [-0.15, -0.1) is 0 Å². The van der Waals surface area contributed by atoms with Crippen molar-refractivity contribution in [2.75, 3.05) is 11.8 Å². The second-order valence-electron chi connectivity index (χ2n) is 6.67. The van der Waals surface area contributed by atoms with Gasteiger partial charge in [-0.05, 0) is 41.5 Å². The van der Waals surface area contributed by atoms with Crippen LogP contribution in [0.4, 0.5) is 11.4 Å². The average molecular weight is 469 g/mol. The topological polar surface area (TPSA) is 148 Å². The molecule has 3 aromatic carbocycles. The van der Waals surface area contributed by atoms with Gasteiger partial charge in [0, 0.05) is 23.8 Å². The number of amides is 1. The average Bonchev–Trinajstić information content (AvgIpc) is 2.83. The van der Waals surface area contributed by atoms with E-state index in [9.17, 15) is 23.3 Å². The van der Waals surface area contributed by atoms with Gasteiger partial charge in [0.2, 0.25) is 0 Å². The number of hydrogen-bond donors (Lipinski definition) is 3. The Balaban J connectivity index is 2.17. The number of carbonyl (C=O) groups excluding carboxylic acids is 1. The molecule has 0 atom stereocenters. The molecule has 170 valence electrons. The summed E-state index contributed by atoms with van der Waals surface area (Å²) in [7, 11) is -2.65. The van der Waals surface area contributed by atoms with Crippen LogP contribution in [0.3, 0.4) is 0 Å². The zero-order valence-electron chi connectivity index (χ0n) is 17.3. The second-order valence-corrected chi connectivity index (χ2v) is 8.35. The molecule has 3 rings (SSSR count). The first kappa shape index (κ1) is 23.4. The van der Waals surface area contributed by atoms with E-state index in [0.717, 1.165) is 18.2 Å². The number of benzene rings is 3. The van der Waals surface area contributed by atoms with E-state index in [1.165, 1.54) is 42.9 Å². The Morgan fingerprint density at radius 3 is 2.30 bits per heavy atom. The molecule has 0 aromatic heterocycles. The molecule has 0 spiro atoms. The molecule has 11 heteroatoms. The molecule has 0 heterocycles. The molecule has 0 radical (unpaired) electrons. The van der Waals surface area contributed by atoms with E-state index in [-0.39, 0.29) is 27.4 Å². The second kappa shape index (κ2) is 9.94. The van der Waals surface area contributed by atoms with Gasteiger partial charge in [-0.2, -0.15) is 0 Å². The summed E-state index contributed by atoms with van der Waals surface area (Å²) < 4.78 is 33.4. The lowest BCUT2D eigenvalue weighted by Crippen LogP contribution is -2.17. The predicted molar refractivity (Wildman–Crippen MR) is 120 cm³/mol. The number of nitro benzene ring substituents is 1. The van der Waals surface area contributed by atoms with Gasteiger partial charge in [0.05, 0.1) is 22.6 Å². The third-order valence-corrected chi connectivity index (χ3v) is 5.97. The van der Waals surface area contributed by atoms with Crippen LogP contribution in [0.5, 0.6) is 5.75 Å². The van der Waals surface area contributed by atoms with Crippen molar-refractivity contribution < 1.29 is 28.1 Å². The maximum atomic E-state index is 13.0. The fourth-order valence-electron chi connectivity index (χ4n) is 3.01. The highest BCUT2D eigenvalue weighted by Gasteiger charge is 2.21. The lowest BCUT2D eigenvalue weighted by atomic mass is 9.95. The third kappa shape index (κ3) is 5.53. The highest BCUT2D eigenvalue weighted by atomic mass is 32.2. The molecule has 1 amide bonds. The number of carbonyl (C=O) groups is 1. The monoisotopic (exact) mass is 469 g/mol. The summed E-state index contributed by atoms with van der Waals surface area (Å²) in [6.45, 7) is 0. The van der Waals surface area contributed by atoms with Gasteiger partial charge < -0.3 is 4.74 Å². The minimum Gasteiger partial charge on any atom is -0.497 e. The van der Waals surface area contributed by atoms with Crippen molar-refractivity contribution in [3.63, 3.8) is 0 Å². The lowest BCUT2D eigenvalue weighted by molar-refractivity contribution is -0.384. The molecular weight excluding hydrogens is 450 g/mol. The van der Waals surface area contributed by atoms with Crippen LogP contribution < -0.4 is 14.9 Å². The minimum atomic E-state index is -4.10. The van der Waals surface area contributed by atoms with Crippen LogP contribution in [-0.2, 0) is 14.8 Å². The van der Waals surface area contributed by atoms with Crippen molar-refractivity contribution in [1.82, 2.24) is 5.48 Å². The zero-order chi connectivity index (χ0) is 24.0. The van der Waals surface area contributed by atoms with Gasteiger partial charge >= 0.3 is 0 Å². The first-order valence-corrected chi connectivity index (χ1v) is 10.9. The van der Waals surface area contributed by atoms with Crippen LogP contribution in [0, 0.1) is 10.1 Å². The smallest absolute Gasteiger partial charge is 0.270 e. The zero-order valence-corrected chi connectivity index (χ0v) is 18.1. The number of methoxy groups -OCH3 is 1. The molecule has 33 heavy (non-hydrogen) atoms. The molecule has 0 saturated heterocycles. The third-order valence-electron chi connectivity index (χ3n) is 4.59. The molecule has 0 bridgehead atoms. The van der Waals surface area contributed by atoms with Gasteiger partial charge in [0.1, 0.15) is 5.75 Å². The highest BCUT2D eigenvalue weighted by molar-refractivity contribution is 7.92. The van der Waals surface area contributed by atoms with Gasteiger partial charge in [-0.25, -0.2) is 13.9 Å². The van der Waals surface area contributed by atoms with Crippen LogP contribution in [0.25, 0.3) is 5.57 Å². The number of non-ortho nitro benzene ring substituents is 1. The maximum absolute atomic E-state index is 13.0. The molecule has 10 nitrogen and oxygen atoms in total. The highest BCUT2D eigenvalue weighted by Crippen LogP contribution is 2.34. The minimum absolute atomic E-state index is 0.00254. The van der Waals surface area contributed by atoms with Crippen molar-refractivity contribution in [1.29, 1.82) is 0 Å². The van der Waals surface area contributed by atoms with Crippen LogP contribution in [0.2, 0.25) is 0 Å². The quantitative estimate of drug-likeness (QED) is 0.198. The fourth-order valence-corrected chi connectivity index (χ4v) is 4.09. The van der Waals surface area contributed by atoms with Gasteiger partial charge in [-0.3, -0.25) is 24.8 Å². The number of nitro groups is 1. The predicted octanol–water partition coefficient (Wildman–Crippen LogP) is 3.34. The summed E-state index contributed by atoms with van der Waals surface area (Å²) in [6, 6.07) is 17.5. The van der Waals surface area contributed by atoms with E-state index in [4.69, 9.17) is 9.94 Å². The molecular formula is C22H19N3O7S. The Morgan fingerprint density at radius 1 is 1.06 bits per heavy atom. The first-order valence-electron chi connectivity index (χ1n) is 9.42. The number of anilines is 1. The number of ether oxygens (including phenoxy) is 1. The standard InChI is InChI=1S/C22H19N3O7S/c1-32-17-8-10-18(11-9-17)33(30,31)24-21-12-7-16(25(28)29)13-20(21)19(14-22(26)23-27)15-5-3-2-4-6-15/h2-14,24,27H,1H3,(H,23,26)/b19-14+. The number of nitrogens with one attached hydrogen (secondary N) is 2. The number of rotatable bonds is 8. The SMILES string of the molecule is COc1ccc(S(=O)(=O)Nc2ccc([N+](=O)[O-])cc2/C(=C/C(=O)NO)c2ccccc2)cc1. The van der Waals surface area contributed by atoms with E-state index in [1.54, 1.807) is 30.3 Å². The summed E-state index contributed by atoms with van der Waals surface area (Å²) >= 11 is 0. The number of hydrogen-bond acceptors (Lipinski definition) is 7. The number of hydroxylamine groups is 1. The molecule has 0 aliphatic rings. The Hall–Kier alpha value is -4.22. The molecule has 0 fully saturated rings. The largest absolute Gasteiger partial charge is 0.497 e. The molecule has 0 unspecified atom stereocenters. The normalized spacial score (nSPS) is 11.5.